The van der Waals surface area contributed by atoms with Gasteiger partial charge in [-0.25, -0.2) is 4.98 Å². The number of nitrogens with zero attached hydrogens (tertiary/aromatic N) is 2. The molecular formula is C31H31N3O3S. The summed E-state index contributed by atoms with van der Waals surface area (Å²) in [5, 5.41) is 5.40. The second kappa shape index (κ2) is 11.6. The highest BCUT2D eigenvalue weighted by Crippen LogP contribution is 2.37. The van der Waals surface area contributed by atoms with Crippen molar-refractivity contribution in [3.8, 4) is 5.75 Å². The number of carbonyl (C=O) groups is 2. The Morgan fingerprint density at radius 2 is 1.87 bits per heavy atom. The lowest BCUT2D eigenvalue weighted by Crippen LogP contribution is -2.40. The van der Waals surface area contributed by atoms with E-state index in [1.54, 1.807) is 5.38 Å². The van der Waals surface area contributed by atoms with Crippen molar-refractivity contribution in [2.24, 2.45) is 0 Å². The predicted molar refractivity (Wildman–Crippen MR) is 149 cm³/mol. The van der Waals surface area contributed by atoms with Crippen LogP contribution in [0.5, 0.6) is 5.75 Å². The van der Waals surface area contributed by atoms with E-state index in [4.69, 9.17) is 4.74 Å². The molecule has 0 saturated heterocycles. The summed E-state index contributed by atoms with van der Waals surface area (Å²) in [6.07, 6.45) is 1.29. The molecule has 1 atom stereocenters. The van der Waals surface area contributed by atoms with Crippen molar-refractivity contribution in [1.29, 1.82) is 0 Å². The summed E-state index contributed by atoms with van der Waals surface area (Å²) in [6.45, 7) is 5.40. The van der Waals surface area contributed by atoms with Crippen LogP contribution in [0.15, 0.2) is 78.2 Å². The van der Waals surface area contributed by atoms with Gasteiger partial charge < -0.3 is 15.0 Å². The molecule has 1 N–H and O–H groups in total. The van der Waals surface area contributed by atoms with E-state index in [0.29, 0.717) is 25.2 Å². The molecule has 2 amide bonds. The highest BCUT2D eigenvalue weighted by atomic mass is 32.1. The van der Waals surface area contributed by atoms with Crippen LogP contribution in [0.2, 0.25) is 0 Å². The molecule has 0 saturated carbocycles. The van der Waals surface area contributed by atoms with E-state index in [2.05, 4.69) is 53.6 Å². The summed E-state index contributed by atoms with van der Waals surface area (Å²) in [6, 6.07) is 24.2. The summed E-state index contributed by atoms with van der Waals surface area (Å²) in [5.74, 6) is 0.664. The van der Waals surface area contributed by atoms with E-state index in [-0.39, 0.29) is 24.5 Å². The fourth-order valence-corrected chi connectivity index (χ4v) is 5.44. The molecule has 5 rings (SSSR count). The van der Waals surface area contributed by atoms with Crippen molar-refractivity contribution in [3.63, 3.8) is 0 Å². The van der Waals surface area contributed by atoms with Gasteiger partial charge in [0, 0.05) is 24.9 Å². The van der Waals surface area contributed by atoms with Crippen molar-refractivity contribution in [2.45, 2.75) is 45.9 Å². The molecule has 6 nitrogen and oxygen atoms in total. The van der Waals surface area contributed by atoms with Gasteiger partial charge in [-0.3, -0.25) is 9.59 Å². The maximum atomic E-state index is 12.9. The van der Waals surface area contributed by atoms with Crippen molar-refractivity contribution >= 4 is 23.2 Å². The third-order valence-corrected chi connectivity index (χ3v) is 7.63. The lowest BCUT2D eigenvalue weighted by molar-refractivity contribution is -0.132. The first-order chi connectivity index (χ1) is 18.5. The van der Waals surface area contributed by atoms with Gasteiger partial charge in [0.05, 0.1) is 6.04 Å². The molecule has 1 unspecified atom stereocenters. The SMILES string of the molecule is CCC(=O)N1CCc2ccc(OCc3nc(C(=O)NCc4ccccc4)cs3)cc2C1c1ccc(C)cc1. The number of ether oxygens (including phenoxy) is 1. The molecule has 0 spiro atoms. The molecule has 3 aromatic carbocycles. The van der Waals surface area contributed by atoms with E-state index in [0.717, 1.165) is 33.9 Å². The molecule has 1 aliphatic rings. The van der Waals surface area contributed by atoms with Gasteiger partial charge in [-0.2, -0.15) is 0 Å². The van der Waals surface area contributed by atoms with Crippen LogP contribution in [0.1, 0.15) is 62.7 Å². The monoisotopic (exact) mass is 525 g/mol. The highest BCUT2D eigenvalue weighted by molar-refractivity contribution is 7.09. The molecular weight excluding hydrogens is 494 g/mol. The Balaban J connectivity index is 1.29. The zero-order chi connectivity index (χ0) is 26.5. The van der Waals surface area contributed by atoms with E-state index in [1.807, 2.05) is 48.2 Å². The predicted octanol–water partition coefficient (Wildman–Crippen LogP) is 5.84. The standard InChI is InChI=1S/C31H31N3O3S/c1-3-29(35)34-16-15-23-13-14-25(17-26(23)30(34)24-11-9-21(2)10-12-24)37-19-28-33-27(20-38-28)31(36)32-18-22-7-5-4-6-8-22/h4-14,17,20,30H,3,15-16,18-19H2,1-2H3,(H,32,36). The van der Waals surface area contributed by atoms with Crippen LogP contribution in [0.25, 0.3) is 0 Å². The minimum Gasteiger partial charge on any atom is -0.486 e. The molecule has 38 heavy (non-hydrogen) atoms. The first-order valence-electron chi connectivity index (χ1n) is 12.9. The number of hydrogen-bond donors (Lipinski definition) is 1. The smallest absolute Gasteiger partial charge is 0.271 e. The number of carbonyl (C=O) groups excluding carboxylic acids is 2. The average Bonchev–Trinajstić information content (AvgIpc) is 3.44. The highest BCUT2D eigenvalue weighted by Gasteiger charge is 2.31. The van der Waals surface area contributed by atoms with Gasteiger partial charge in [-0.05, 0) is 47.7 Å². The maximum absolute atomic E-state index is 12.9. The Labute approximate surface area is 227 Å². The van der Waals surface area contributed by atoms with Crippen LogP contribution < -0.4 is 10.1 Å². The lowest BCUT2D eigenvalue weighted by Gasteiger charge is -2.38. The summed E-state index contributed by atoms with van der Waals surface area (Å²) in [7, 11) is 0. The Bertz CT molecular complexity index is 1420. The first-order valence-corrected chi connectivity index (χ1v) is 13.8. The third-order valence-electron chi connectivity index (χ3n) is 6.80. The number of rotatable bonds is 8. The molecule has 0 bridgehead atoms. The van der Waals surface area contributed by atoms with Gasteiger partial charge in [0.2, 0.25) is 5.91 Å². The number of nitrogens with one attached hydrogen (secondary N) is 1. The Morgan fingerprint density at radius 3 is 2.63 bits per heavy atom. The van der Waals surface area contributed by atoms with E-state index >= 15 is 0 Å². The Hall–Kier alpha value is -3.97. The van der Waals surface area contributed by atoms with Crippen molar-refractivity contribution in [2.75, 3.05) is 6.54 Å². The summed E-state index contributed by atoms with van der Waals surface area (Å²) in [4.78, 5) is 31.8. The zero-order valence-electron chi connectivity index (χ0n) is 21.6. The van der Waals surface area contributed by atoms with Crippen molar-refractivity contribution < 1.29 is 14.3 Å². The third kappa shape index (κ3) is 5.78. The number of benzene rings is 3. The van der Waals surface area contributed by atoms with Gasteiger partial charge in [-0.1, -0.05) is 73.2 Å². The Kier molecular flexibility index (Phi) is 7.84. The number of aromatic nitrogens is 1. The number of hydrogen-bond acceptors (Lipinski definition) is 5. The number of amides is 2. The van der Waals surface area contributed by atoms with Crippen molar-refractivity contribution in [3.05, 3.63) is 117 Å². The minimum absolute atomic E-state index is 0.143. The van der Waals surface area contributed by atoms with E-state index in [1.165, 1.54) is 22.5 Å². The van der Waals surface area contributed by atoms with Gasteiger partial charge in [0.15, 0.2) is 0 Å². The zero-order valence-corrected chi connectivity index (χ0v) is 22.5. The van der Waals surface area contributed by atoms with Crippen LogP contribution >= 0.6 is 11.3 Å². The molecule has 0 fully saturated rings. The van der Waals surface area contributed by atoms with Gasteiger partial charge >= 0.3 is 0 Å². The van der Waals surface area contributed by atoms with Gasteiger partial charge in [0.1, 0.15) is 23.1 Å². The van der Waals surface area contributed by atoms with Crippen LogP contribution in [0, 0.1) is 6.92 Å². The van der Waals surface area contributed by atoms with Crippen LogP contribution in [0.3, 0.4) is 0 Å². The molecule has 0 aliphatic carbocycles. The summed E-state index contributed by atoms with van der Waals surface area (Å²) < 4.78 is 6.12. The second-order valence-corrected chi connectivity index (χ2v) is 10.4. The van der Waals surface area contributed by atoms with Crippen LogP contribution in [-0.2, 0) is 24.4 Å². The second-order valence-electron chi connectivity index (χ2n) is 9.45. The molecule has 1 aromatic heterocycles. The Morgan fingerprint density at radius 1 is 1.08 bits per heavy atom. The summed E-state index contributed by atoms with van der Waals surface area (Å²) >= 11 is 1.40. The maximum Gasteiger partial charge on any atom is 0.271 e. The van der Waals surface area contributed by atoms with Gasteiger partial charge in [0.25, 0.3) is 5.91 Å². The average molecular weight is 526 g/mol. The topological polar surface area (TPSA) is 71.5 Å². The quantitative estimate of drug-likeness (QED) is 0.314. The van der Waals surface area contributed by atoms with Crippen LogP contribution in [0.4, 0.5) is 0 Å². The minimum atomic E-state index is -0.202. The molecule has 7 heteroatoms. The number of aryl methyl sites for hydroxylation is 1. The largest absolute Gasteiger partial charge is 0.486 e. The molecule has 4 aromatic rings. The molecule has 194 valence electrons. The normalized spacial score (nSPS) is 14.6. The molecule has 1 aliphatic heterocycles. The number of fused-ring (bicyclic) bond motifs is 1. The fourth-order valence-electron chi connectivity index (χ4n) is 4.76. The van der Waals surface area contributed by atoms with Crippen LogP contribution in [-0.4, -0.2) is 28.2 Å². The van der Waals surface area contributed by atoms with E-state index in [9.17, 15) is 9.59 Å². The van der Waals surface area contributed by atoms with E-state index < -0.39 is 0 Å². The van der Waals surface area contributed by atoms with Gasteiger partial charge in [-0.15, -0.1) is 11.3 Å². The molecule has 0 radical (unpaired) electrons. The van der Waals surface area contributed by atoms with Crippen molar-refractivity contribution in [1.82, 2.24) is 15.2 Å². The number of thiazole rings is 1. The summed E-state index contributed by atoms with van der Waals surface area (Å²) in [5.41, 5.74) is 6.04. The molecule has 2 heterocycles. The first kappa shape index (κ1) is 25.7. The fraction of sp³-hybridized carbons (Fsp3) is 0.258. The lowest BCUT2D eigenvalue weighted by atomic mass is 9.87.